The normalized spacial score (nSPS) is 13.7. The first-order chi connectivity index (χ1) is 7.50. The minimum absolute atomic E-state index is 0.155. The molecule has 0 amide bonds. The van der Waals surface area contributed by atoms with E-state index in [0.29, 0.717) is 19.1 Å². The summed E-state index contributed by atoms with van der Waals surface area (Å²) in [5.41, 5.74) is 0. The van der Waals surface area contributed by atoms with Crippen molar-refractivity contribution in [1.82, 2.24) is 9.55 Å². The molecule has 0 radical (unpaired) electrons. The van der Waals surface area contributed by atoms with Gasteiger partial charge in [-0.2, -0.15) is 0 Å². The lowest BCUT2D eigenvalue weighted by Gasteiger charge is -2.16. The van der Waals surface area contributed by atoms with Gasteiger partial charge < -0.3 is 14.4 Å². The first-order valence-electron chi connectivity index (χ1n) is 5.81. The summed E-state index contributed by atoms with van der Waals surface area (Å²) in [4.78, 5) is 4.28. The van der Waals surface area contributed by atoms with Gasteiger partial charge in [0.15, 0.2) is 0 Å². The molecule has 0 fully saturated rings. The second-order valence-corrected chi connectivity index (χ2v) is 4.63. The molecule has 0 aromatic carbocycles. The van der Waals surface area contributed by atoms with Crippen LogP contribution in [0.2, 0.25) is 0 Å². The zero-order valence-electron chi connectivity index (χ0n) is 10.6. The van der Waals surface area contributed by atoms with Crippen molar-refractivity contribution in [2.75, 3.05) is 6.61 Å². The lowest BCUT2D eigenvalue weighted by Crippen LogP contribution is -2.24. The summed E-state index contributed by atoms with van der Waals surface area (Å²) in [7, 11) is 0. The maximum Gasteiger partial charge on any atom is 0.111 e. The molecule has 1 atom stereocenters. The van der Waals surface area contributed by atoms with Crippen LogP contribution in [0.15, 0.2) is 12.4 Å². The topological polar surface area (TPSA) is 47.3 Å². The smallest absolute Gasteiger partial charge is 0.111 e. The van der Waals surface area contributed by atoms with Crippen LogP contribution >= 0.6 is 0 Å². The third-order valence-electron chi connectivity index (χ3n) is 2.29. The van der Waals surface area contributed by atoms with Crippen LogP contribution in [-0.2, 0) is 11.3 Å². The van der Waals surface area contributed by atoms with E-state index in [0.717, 1.165) is 5.82 Å². The fourth-order valence-electron chi connectivity index (χ4n) is 1.56. The Bertz CT molecular complexity index is 308. The van der Waals surface area contributed by atoms with Crippen LogP contribution in [0.5, 0.6) is 0 Å². The Hall–Kier alpha value is -0.870. The summed E-state index contributed by atoms with van der Waals surface area (Å²) >= 11 is 0. The molecule has 92 valence electrons. The van der Waals surface area contributed by atoms with Crippen molar-refractivity contribution < 1.29 is 9.84 Å². The first-order valence-corrected chi connectivity index (χ1v) is 5.81. The second-order valence-electron chi connectivity index (χ2n) is 4.63. The minimum Gasteiger partial charge on any atom is -0.389 e. The fraction of sp³-hybridized carbons (Fsp3) is 0.750. The standard InChI is InChI=1S/C12H22N2O2/c1-9(2)12-13-5-6-14(12)7-11(15)8-16-10(3)4/h5-6,9-11,15H,7-8H2,1-4H3. The molecule has 0 saturated heterocycles. The van der Waals surface area contributed by atoms with E-state index in [1.165, 1.54) is 0 Å². The quantitative estimate of drug-likeness (QED) is 0.804. The number of hydrogen-bond acceptors (Lipinski definition) is 3. The summed E-state index contributed by atoms with van der Waals surface area (Å²) in [6.07, 6.45) is 3.34. The largest absolute Gasteiger partial charge is 0.389 e. The van der Waals surface area contributed by atoms with E-state index in [1.54, 1.807) is 6.20 Å². The Morgan fingerprint density at radius 1 is 1.38 bits per heavy atom. The Kier molecular flexibility index (Phi) is 4.96. The highest BCUT2D eigenvalue weighted by atomic mass is 16.5. The van der Waals surface area contributed by atoms with Gasteiger partial charge in [0.1, 0.15) is 5.82 Å². The monoisotopic (exact) mass is 226 g/mol. The molecule has 0 saturated carbocycles. The molecule has 0 aliphatic carbocycles. The maximum absolute atomic E-state index is 9.80. The summed E-state index contributed by atoms with van der Waals surface area (Å²) in [6, 6.07) is 0. The lowest BCUT2D eigenvalue weighted by atomic mass is 10.2. The highest BCUT2D eigenvalue weighted by molar-refractivity contribution is 4.97. The molecule has 0 aliphatic rings. The molecule has 4 heteroatoms. The van der Waals surface area contributed by atoms with Gasteiger partial charge in [-0.1, -0.05) is 13.8 Å². The fourth-order valence-corrected chi connectivity index (χ4v) is 1.56. The molecule has 0 aliphatic heterocycles. The van der Waals surface area contributed by atoms with E-state index in [9.17, 15) is 5.11 Å². The van der Waals surface area contributed by atoms with Crippen molar-refractivity contribution in [2.45, 2.75) is 52.4 Å². The van der Waals surface area contributed by atoms with Crippen LogP contribution in [0.4, 0.5) is 0 Å². The molecule has 4 nitrogen and oxygen atoms in total. The summed E-state index contributed by atoms with van der Waals surface area (Å²) in [6.45, 7) is 9.02. The van der Waals surface area contributed by atoms with Gasteiger partial charge in [-0.3, -0.25) is 0 Å². The van der Waals surface area contributed by atoms with Crippen molar-refractivity contribution in [3.05, 3.63) is 18.2 Å². The van der Waals surface area contributed by atoms with Crippen LogP contribution in [0.1, 0.15) is 39.4 Å². The van der Waals surface area contributed by atoms with Crippen molar-refractivity contribution in [1.29, 1.82) is 0 Å². The molecule has 1 rings (SSSR count). The van der Waals surface area contributed by atoms with Gasteiger partial charge >= 0.3 is 0 Å². The van der Waals surface area contributed by atoms with Crippen LogP contribution in [0, 0.1) is 0 Å². The number of aliphatic hydroxyl groups excluding tert-OH is 1. The van der Waals surface area contributed by atoms with E-state index in [-0.39, 0.29) is 6.10 Å². The van der Waals surface area contributed by atoms with E-state index in [4.69, 9.17) is 4.74 Å². The minimum atomic E-state index is -0.478. The zero-order chi connectivity index (χ0) is 12.1. The number of hydrogen-bond donors (Lipinski definition) is 1. The molecule has 1 heterocycles. The number of aromatic nitrogens is 2. The molecule has 1 N–H and O–H groups in total. The van der Waals surface area contributed by atoms with Crippen molar-refractivity contribution in [2.24, 2.45) is 0 Å². The average molecular weight is 226 g/mol. The van der Waals surface area contributed by atoms with Gasteiger partial charge in [0.25, 0.3) is 0 Å². The molecule has 1 aromatic heterocycles. The van der Waals surface area contributed by atoms with Gasteiger partial charge in [0.05, 0.1) is 25.4 Å². The SMILES string of the molecule is CC(C)OCC(O)Cn1ccnc1C(C)C. The van der Waals surface area contributed by atoms with Crippen molar-refractivity contribution in [3.63, 3.8) is 0 Å². The summed E-state index contributed by atoms with van der Waals surface area (Å²) in [5, 5.41) is 9.80. The molecule has 1 unspecified atom stereocenters. The molecular weight excluding hydrogens is 204 g/mol. The number of ether oxygens (including phenoxy) is 1. The van der Waals surface area contributed by atoms with Gasteiger partial charge in [0, 0.05) is 18.3 Å². The molecule has 0 bridgehead atoms. The van der Waals surface area contributed by atoms with Crippen LogP contribution in [0.3, 0.4) is 0 Å². The van der Waals surface area contributed by atoms with Crippen molar-refractivity contribution in [3.8, 4) is 0 Å². The second kappa shape index (κ2) is 6.01. The van der Waals surface area contributed by atoms with E-state index < -0.39 is 6.10 Å². The Labute approximate surface area is 97.3 Å². The summed E-state index contributed by atoms with van der Waals surface area (Å²) in [5.74, 6) is 1.37. The first kappa shape index (κ1) is 13.2. The van der Waals surface area contributed by atoms with E-state index in [2.05, 4.69) is 18.8 Å². The molecule has 16 heavy (non-hydrogen) atoms. The highest BCUT2D eigenvalue weighted by Crippen LogP contribution is 2.12. The zero-order valence-corrected chi connectivity index (χ0v) is 10.6. The molecular formula is C12H22N2O2. The van der Waals surface area contributed by atoms with Gasteiger partial charge in [-0.25, -0.2) is 4.98 Å². The van der Waals surface area contributed by atoms with Gasteiger partial charge in [-0.15, -0.1) is 0 Å². The Balaban J connectivity index is 2.49. The number of aliphatic hydroxyl groups is 1. The van der Waals surface area contributed by atoms with Crippen LogP contribution in [0.25, 0.3) is 0 Å². The predicted molar refractivity (Wildman–Crippen MR) is 63.4 cm³/mol. The van der Waals surface area contributed by atoms with E-state index >= 15 is 0 Å². The van der Waals surface area contributed by atoms with Crippen molar-refractivity contribution >= 4 is 0 Å². The lowest BCUT2D eigenvalue weighted by molar-refractivity contribution is -0.00105. The maximum atomic E-state index is 9.80. The summed E-state index contributed by atoms with van der Waals surface area (Å²) < 4.78 is 7.35. The van der Waals surface area contributed by atoms with Gasteiger partial charge in [0.2, 0.25) is 0 Å². The predicted octanol–water partition coefficient (Wildman–Crippen LogP) is 1.79. The van der Waals surface area contributed by atoms with Gasteiger partial charge in [-0.05, 0) is 13.8 Å². The molecule has 1 aromatic rings. The third-order valence-corrected chi connectivity index (χ3v) is 2.29. The highest BCUT2D eigenvalue weighted by Gasteiger charge is 2.11. The number of rotatable bonds is 6. The Morgan fingerprint density at radius 3 is 2.62 bits per heavy atom. The number of nitrogens with zero attached hydrogens (tertiary/aromatic N) is 2. The van der Waals surface area contributed by atoms with Crippen LogP contribution in [-0.4, -0.2) is 33.5 Å². The molecule has 0 spiro atoms. The number of imidazole rings is 1. The van der Waals surface area contributed by atoms with E-state index in [1.807, 2.05) is 24.6 Å². The average Bonchev–Trinajstić information content (AvgIpc) is 2.62. The third kappa shape index (κ3) is 3.94. The van der Waals surface area contributed by atoms with Crippen LogP contribution < -0.4 is 0 Å². The Morgan fingerprint density at radius 2 is 2.06 bits per heavy atom.